The molecule has 0 saturated heterocycles. The highest BCUT2D eigenvalue weighted by molar-refractivity contribution is 5.20. The summed E-state index contributed by atoms with van der Waals surface area (Å²) in [5, 5.41) is 2.89. The van der Waals surface area contributed by atoms with Gasteiger partial charge in [0.1, 0.15) is 5.82 Å². The van der Waals surface area contributed by atoms with E-state index in [2.05, 4.69) is 11.9 Å². The van der Waals surface area contributed by atoms with Gasteiger partial charge in [-0.3, -0.25) is 0 Å². The summed E-state index contributed by atoms with van der Waals surface area (Å²) in [7, 11) is 0. The largest absolute Gasteiger partial charge is 0.307 e. The summed E-state index contributed by atoms with van der Waals surface area (Å²) in [6.07, 6.45) is 1.64. The lowest BCUT2D eigenvalue weighted by molar-refractivity contribution is 0.485. The van der Waals surface area contributed by atoms with Crippen LogP contribution in [0.5, 0.6) is 0 Å². The van der Waals surface area contributed by atoms with Crippen LogP contribution >= 0.6 is 0 Å². The van der Waals surface area contributed by atoms with Crippen LogP contribution in [0.3, 0.4) is 0 Å². The van der Waals surface area contributed by atoms with Crippen LogP contribution in [-0.4, -0.2) is 6.04 Å². The van der Waals surface area contributed by atoms with E-state index in [4.69, 9.17) is 0 Å². The van der Waals surface area contributed by atoms with Gasteiger partial charge in [0.2, 0.25) is 0 Å². The van der Waals surface area contributed by atoms with E-state index in [1.807, 2.05) is 6.92 Å². The lowest BCUT2D eigenvalue weighted by atomic mass is 10.2. The molecule has 1 nitrogen and oxygen atoms in total. The first-order chi connectivity index (χ1) is 7.04. The second-order valence-corrected chi connectivity index (χ2v) is 3.26. The van der Waals surface area contributed by atoms with E-state index in [-0.39, 0.29) is 18.2 Å². The maximum Gasteiger partial charge on any atom is 0.161 e. The molecule has 1 rings (SSSR count). The Balaban J connectivity index is 2.77. The SMILES string of the molecule is C=CC(C)NCc1cc(F)c(F)cc1F. The Hall–Kier alpha value is -1.29. The zero-order chi connectivity index (χ0) is 11.4. The summed E-state index contributed by atoms with van der Waals surface area (Å²) in [5.41, 5.74) is 0.0996. The maximum atomic E-state index is 13.1. The third-order valence-corrected chi connectivity index (χ3v) is 2.06. The van der Waals surface area contributed by atoms with Crippen LogP contribution in [0.15, 0.2) is 24.8 Å². The Bertz CT molecular complexity index is 363. The van der Waals surface area contributed by atoms with Crippen molar-refractivity contribution in [2.45, 2.75) is 19.5 Å². The fourth-order valence-electron chi connectivity index (χ4n) is 1.05. The van der Waals surface area contributed by atoms with Crippen molar-refractivity contribution in [1.29, 1.82) is 0 Å². The van der Waals surface area contributed by atoms with Crippen LogP contribution in [0.2, 0.25) is 0 Å². The molecule has 0 aliphatic carbocycles. The number of benzene rings is 1. The van der Waals surface area contributed by atoms with Gasteiger partial charge in [0, 0.05) is 24.2 Å². The Morgan fingerprint density at radius 2 is 1.87 bits per heavy atom. The van der Waals surface area contributed by atoms with Gasteiger partial charge < -0.3 is 5.32 Å². The Morgan fingerprint density at radius 1 is 1.27 bits per heavy atom. The molecule has 0 aromatic heterocycles. The third-order valence-electron chi connectivity index (χ3n) is 2.06. The van der Waals surface area contributed by atoms with E-state index in [0.29, 0.717) is 6.07 Å². The van der Waals surface area contributed by atoms with Gasteiger partial charge in [0.25, 0.3) is 0 Å². The van der Waals surface area contributed by atoms with Crippen LogP contribution in [0, 0.1) is 17.5 Å². The van der Waals surface area contributed by atoms with E-state index in [9.17, 15) is 13.2 Å². The molecule has 1 unspecified atom stereocenters. The molecule has 1 aromatic rings. The standard InChI is InChI=1S/C11H12F3N/c1-3-7(2)15-6-8-4-10(13)11(14)5-9(8)12/h3-5,7,15H,1,6H2,2H3. The van der Waals surface area contributed by atoms with Crippen molar-refractivity contribution in [3.8, 4) is 0 Å². The first-order valence-corrected chi connectivity index (χ1v) is 4.54. The van der Waals surface area contributed by atoms with Crippen LogP contribution in [-0.2, 0) is 6.54 Å². The molecule has 82 valence electrons. The molecule has 0 heterocycles. The number of hydrogen-bond acceptors (Lipinski definition) is 1. The highest BCUT2D eigenvalue weighted by Gasteiger charge is 2.09. The second kappa shape index (κ2) is 4.98. The zero-order valence-corrected chi connectivity index (χ0v) is 8.36. The van der Waals surface area contributed by atoms with Gasteiger partial charge in [-0.2, -0.15) is 0 Å². The zero-order valence-electron chi connectivity index (χ0n) is 8.36. The summed E-state index contributed by atoms with van der Waals surface area (Å²) in [6, 6.07) is 1.38. The quantitative estimate of drug-likeness (QED) is 0.601. The van der Waals surface area contributed by atoms with E-state index in [0.717, 1.165) is 6.07 Å². The molecule has 15 heavy (non-hydrogen) atoms. The average molecular weight is 215 g/mol. The smallest absolute Gasteiger partial charge is 0.161 e. The second-order valence-electron chi connectivity index (χ2n) is 3.26. The molecule has 0 amide bonds. The van der Waals surface area contributed by atoms with Crippen molar-refractivity contribution in [1.82, 2.24) is 5.32 Å². The minimum absolute atomic E-state index is 0.0162. The van der Waals surface area contributed by atoms with Crippen molar-refractivity contribution >= 4 is 0 Å². The summed E-state index contributed by atoms with van der Waals surface area (Å²) in [4.78, 5) is 0. The molecule has 0 aliphatic rings. The molecule has 0 fully saturated rings. The first kappa shape index (κ1) is 11.8. The van der Waals surface area contributed by atoms with E-state index in [1.54, 1.807) is 6.08 Å². The van der Waals surface area contributed by atoms with Gasteiger partial charge in [-0.05, 0) is 13.0 Å². The minimum Gasteiger partial charge on any atom is -0.307 e. The molecule has 0 spiro atoms. The van der Waals surface area contributed by atoms with Crippen LogP contribution in [0.25, 0.3) is 0 Å². The lowest BCUT2D eigenvalue weighted by Crippen LogP contribution is -2.23. The topological polar surface area (TPSA) is 12.0 Å². The first-order valence-electron chi connectivity index (χ1n) is 4.54. The number of hydrogen-bond donors (Lipinski definition) is 1. The summed E-state index contributed by atoms with van der Waals surface area (Å²) in [6.45, 7) is 5.50. The highest BCUT2D eigenvalue weighted by Crippen LogP contribution is 2.13. The van der Waals surface area contributed by atoms with Crippen molar-refractivity contribution in [3.63, 3.8) is 0 Å². The Morgan fingerprint density at radius 3 is 2.47 bits per heavy atom. The fourth-order valence-corrected chi connectivity index (χ4v) is 1.05. The summed E-state index contributed by atoms with van der Waals surface area (Å²) in [5.74, 6) is -2.97. The van der Waals surface area contributed by atoms with Gasteiger partial charge in [-0.15, -0.1) is 6.58 Å². The van der Waals surface area contributed by atoms with E-state index in [1.165, 1.54) is 0 Å². The molecule has 0 bridgehead atoms. The van der Waals surface area contributed by atoms with Crippen LogP contribution in [0.1, 0.15) is 12.5 Å². The molecule has 1 atom stereocenters. The van der Waals surface area contributed by atoms with Crippen molar-refractivity contribution in [2.75, 3.05) is 0 Å². The van der Waals surface area contributed by atoms with E-state index >= 15 is 0 Å². The van der Waals surface area contributed by atoms with Gasteiger partial charge in [0.05, 0.1) is 0 Å². The maximum absolute atomic E-state index is 13.1. The molecule has 0 aliphatic heterocycles. The molecule has 1 aromatic carbocycles. The normalized spacial score (nSPS) is 12.5. The predicted octanol–water partition coefficient (Wildman–Crippen LogP) is 2.77. The highest BCUT2D eigenvalue weighted by atomic mass is 19.2. The summed E-state index contributed by atoms with van der Waals surface area (Å²) >= 11 is 0. The molecular formula is C11H12F3N. The van der Waals surface area contributed by atoms with Crippen molar-refractivity contribution in [2.24, 2.45) is 0 Å². The molecule has 1 N–H and O–H groups in total. The van der Waals surface area contributed by atoms with Gasteiger partial charge in [-0.25, -0.2) is 13.2 Å². The predicted molar refractivity (Wildman–Crippen MR) is 52.8 cm³/mol. The summed E-state index contributed by atoms with van der Waals surface area (Å²) < 4.78 is 38.5. The number of nitrogens with one attached hydrogen (secondary N) is 1. The van der Waals surface area contributed by atoms with Gasteiger partial charge >= 0.3 is 0 Å². The van der Waals surface area contributed by atoms with Crippen molar-refractivity contribution < 1.29 is 13.2 Å². The number of rotatable bonds is 4. The molecule has 4 heteroatoms. The van der Waals surface area contributed by atoms with Gasteiger partial charge in [-0.1, -0.05) is 6.08 Å². The fraction of sp³-hybridized carbons (Fsp3) is 0.273. The van der Waals surface area contributed by atoms with Crippen molar-refractivity contribution in [3.05, 3.63) is 47.8 Å². The van der Waals surface area contributed by atoms with E-state index < -0.39 is 17.5 Å². The molecule has 0 radical (unpaired) electrons. The Labute approximate surface area is 86.6 Å². The third kappa shape index (κ3) is 3.09. The van der Waals surface area contributed by atoms with Crippen LogP contribution in [0.4, 0.5) is 13.2 Å². The lowest BCUT2D eigenvalue weighted by Gasteiger charge is -2.09. The average Bonchev–Trinajstić information content (AvgIpc) is 2.21. The number of halogens is 3. The monoisotopic (exact) mass is 215 g/mol. The minimum atomic E-state index is -1.17. The molecular weight excluding hydrogens is 203 g/mol. The van der Waals surface area contributed by atoms with Crippen LogP contribution < -0.4 is 5.32 Å². The van der Waals surface area contributed by atoms with Gasteiger partial charge in [0.15, 0.2) is 11.6 Å². The molecule has 0 saturated carbocycles. The Kier molecular flexibility index (Phi) is 3.91.